The minimum atomic E-state index is -4.74. The third-order valence-corrected chi connectivity index (χ3v) is 4.63. The molecule has 2 aromatic heterocycles. The van der Waals surface area contributed by atoms with Crippen molar-refractivity contribution in [3.8, 4) is 28.3 Å². The highest BCUT2D eigenvalue weighted by Crippen LogP contribution is 2.28. The zero-order chi connectivity index (χ0) is 22.0. The van der Waals surface area contributed by atoms with Crippen LogP contribution in [0.5, 0.6) is 5.75 Å². The Morgan fingerprint density at radius 2 is 1.65 bits per heavy atom. The smallest absolute Gasteiger partial charge is 0.461 e. The molecule has 0 saturated carbocycles. The number of benzene rings is 2. The van der Waals surface area contributed by atoms with Crippen molar-refractivity contribution in [2.45, 2.75) is 19.7 Å². The molecule has 0 radical (unpaired) electrons. The fraction of sp³-hybridized carbons (Fsp3) is 0.130. The molecular formula is C23H17F3N2O3. The molecule has 0 spiro atoms. The highest BCUT2D eigenvalue weighted by Gasteiger charge is 2.31. The van der Waals surface area contributed by atoms with Crippen LogP contribution in [0.4, 0.5) is 13.2 Å². The van der Waals surface area contributed by atoms with Crippen LogP contribution in [0.25, 0.3) is 22.6 Å². The van der Waals surface area contributed by atoms with E-state index < -0.39 is 6.36 Å². The third kappa shape index (κ3) is 5.03. The van der Waals surface area contributed by atoms with E-state index in [0.29, 0.717) is 28.3 Å². The molecular weight excluding hydrogens is 409 g/mol. The second-order valence-corrected chi connectivity index (χ2v) is 6.99. The molecule has 4 rings (SSSR count). The number of furan rings is 1. The number of halogens is 3. The Morgan fingerprint density at radius 1 is 0.968 bits per heavy atom. The van der Waals surface area contributed by atoms with Gasteiger partial charge in [-0.3, -0.25) is 4.79 Å². The predicted octanol–water partition coefficient (Wildman–Crippen LogP) is 5.49. The van der Waals surface area contributed by atoms with Gasteiger partial charge in [0.05, 0.1) is 5.69 Å². The molecule has 0 aliphatic carbocycles. The first-order valence-corrected chi connectivity index (χ1v) is 9.37. The van der Waals surface area contributed by atoms with Crippen LogP contribution in [0.2, 0.25) is 0 Å². The van der Waals surface area contributed by atoms with Gasteiger partial charge in [-0.05, 0) is 49.4 Å². The second-order valence-electron chi connectivity index (χ2n) is 6.99. The Bertz CT molecular complexity index is 1240. The predicted molar refractivity (Wildman–Crippen MR) is 109 cm³/mol. The van der Waals surface area contributed by atoms with E-state index in [9.17, 15) is 18.0 Å². The van der Waals surface area contributed by atoms with Crippen LogP contribution >= 0.6 is 0 Å². The fourth-order valence-electron chi connectivity index (χ4n) is 3.09. The fourth-order valence-corrected chi connectivity index (χ4v) is 3.09. The zero-order valence-electron chi connectivity index (χ0n) is 16.4. The summed E-state index contributed by atoms with van der Waals surface area (Å²) in [5.41, 5.74) is 3.40. The number of aromatic nitrogens is 2. The van der Waals surface area contributed by atoms with Gasteiger partial charge < -0.3 is 9.15 Å². The first-order valence-electron chi connectivity index (χ1n) is 9.37. The molecule has 0 bridgehead atoms. The summed E-state index contributed by atoms with van der Waals surface area (Å²) in [6.45, 7) is 1.99. The lowest BCUT2D eigenvalue weighted by Crippen LogP contribution is -2.16. The average Bonchev–Trinajstić information content (AvgIpc) is 3.18. The third-order valence-electron chi connectivity index (χ3n) is 4.63. The Labute approximate surface area is 175 Å². The number of ether oxygens (including phenoxy) is 1. The molecule has 0 aliphatic rings. The average molecular weight is 426 g/mol. The van der Waals surface area contributed by atoms with Crippen LogP contribution in [0.1, 0.15) is 16.9 Å². The van der Waals surface area contributed by atoms with E-state index in [1.807, 2.05) is 31.2 Å². The summed E-state index contributed by atoms with van der Waals surface area (Å²) >= 11 is 0. The van der Waals surface area contributed by atoms with Crippen LogP contribution < -0.4 is 10.3 Å². The molecule has 4 aromatic rings. The summed E-state index contributed by atoms with van der Waals surface area (Å²) in [4.78, 5) is 12.2. The molecule has 31 heavy (non-hydrogen) atoms. The van der Waals surface area contributed by atoms with Crippen molar-refractivity contribution in [2.75, 3.05) is 0 Å². The molecule has 0 unspecified atom stereocenters. The number of alkyl halides is 3. The van der Waals surface area contributed by atoms with Crippen LogP contribution in [0.3, 0.4) is 0 Å². The molecule has 1 N–H and O–H groups in total. The number of aromatic amines is 1. The number of hydrogen-bond donors (Lipinski definition) is 1. The van der Waals surface area contributed by atoms with E-state index in [2.05, 4.69) is 14.9 Å². The lowest BCUT2D eigenvalue weighted by Gasteiger charge is -2.08. The van der Waals surface area contributed by atoms with Crippen LogP contribution in [0, 0.1) is 6.92 Å². The van der Waals surface area contributed by atoms with Crippen LogP contribution in [0.15, 0.2) is 75.9 Å². The molecule has 5 nitrogen and oxygen atoms in total. The highest BCUT2D eigenvalue weighted by atomic mass is 19.4. The maximum Gasteiger partial charge on any atom is 0.573 e. The van der Waals surface area contributed by atoms with Gasteiger partial charge in [0.2, 0.25) is 0 Å². The van der Waals surface area contributed by atoms with Crippen molar-refractivity contribution >= 4 is 0 Å². The van der Waals surface area contributed by atoms with E-state index in [1.165, 1.54) is 24.3 Å². The molecule has 0 atom stereocenters. The highest BCUT2D eigenvalue weighted by molar-refractivity contribution is 5.60. The number of H-pyrrole nitrogens is 1. The second kappa shape index (κ2) is 8.14. The van der Waals surface area contributed by atoms with Gasteiger partial charge in [-0.15, -0.1) is 13.2 Å². The lowest BCUT2D eigenvalue weighted by atomic mass is 10.1. The van der Waals surface area contributed by atoms with Crippen LogP contribution in [-0.4, -0.2) is 16.6 Å². The van der Waals surface area contributed by atoms with Gasteiger partial charge in [-0.1, -0.05) is 29.8 Å². The molecule has 0 saturated heterocycles. The first kappa shape index (κ1) is 20.5. The summed E-state index contributed by atoms with van der Waals surface area (Å²) in [5, 5.41) is 6.62. The minimum Gasteiger partial charge on any atom is -0.461 e. The standard InChI is InChI=1S/C23H17F3N2O3/c1-14-2-4-15(5-3-14)20-13-17(22(29)28-27-20)12-19-10-11-21(30-19)16-6-8-18(9-7-16)31-23(24,25)26/h2-11,13H,12H2,1H3,(H,28,29). The van der Waals surface area contributed by atoms with Gasteiger partial charge in [-0.25, -0.2) is 5.10 Å². The Hall–Kier alpha value is -3.81. The van der Waals surface area contributed by atoms with Gasteiger partial charge in [0.15, 0.2) is 0 Å². The molecule has 2 aromatic carbocycles. The summed E-state index contributed by atoms with van der Waals surface area (Å²) in [5.74, 6) is 0.699. The maximum absolute atomic E-state index is 12.3. The molecule has 2 heterocycles. The molecule has 0 aliphatic heterocycles. The van der Waals surface area contributed by atoms with Crippen molar-refractivity contribution in [1.29, 1.82) is 0 Å². The van der Waals surface area contributed by atoms with Crippen molar-refractivity contribution in [1.82, 2.24) is 10.2 Å². The summed E-state index contributed by atoms with van der Waals surface area (Å²) < 4.78 is 46.5. The lowest BCUT2D eigenvalue weighted by molar-refractivity contribution is -0.274. The number of hydrogen-bond acceptors (Lipinski definition) is 4. The van der Waals surface area contributed by atoms with Crippen molar-refractivity contribution in [3.63, 3.8) is 0 Å². The van der Waals surface area contributed by atoms with Crippen molar-refractivity contribution in [3.05, 3.63) is 94.0 Å². The van der Waals surface area contributed by atoms with E-state index in [-0.39, 0.29) is 17.7 Å². The van der Waals surface area contributed by atoms with Gasteiger partial charge in [0.25, 0.3) is 5.56 Å². The summed E-state index contributed by atoms with van der Waals surface area (Å²) in [6, 6.07) is 18.3. The van der Waals surface area contributed by atoms with Gasteiger partial charge in [0.1, 0.15) is 17.3 Å². The monoisotopic (exact) mass is 426 g/mol. The zero-order valence-corrected chi connectivity index (χ0v) is 16.4. The van der Waals surface area contributed by atoms with Gasteiger partial charge >= 0.3 is 6.36 Å². The number of rotatable bonds is 5. The number of aryl methyl sites for hydroxylation is 1. The summed E-state index contributed by atoms with van der Waals surface area (Å²) in [7, 11) is 0. The van der Waals surface area contributed by atoms with Gasteiger partial charge in [0, 0.05) is 23.1 Å². The topological polar surface area (TPSA) is 68.1 Å². The molecule has 0 fully saturated rings. The van der Waals surface area contributed by atoms with Crippen LogP contribution in [-0.2, 0) is 6.42 Å². The van der Waals surface area contributed by atoms with E-state index >= 15 is 0 Å². The molecule has 0 amide bonds. The molecule has 8 heteroatoms. The van der Waals surface area contributed by atoms with Crippen molar-refractivity contribution < 1.29 is 22.3 Å². The maximum atomic E-state index is 12.3. The minimum absolute atomic E-state index is 0.242. The SMILES string of the molecule is Cc1ccc(-c2cc(Cc3ccc(-c4ccc(OC(F)(F)F)cc4)o3)c(=O)[nH]n2)cc1. The van der Waals surface area contributed by atoms with E-state index in [4.69, 9.17) is 4.42 Å². The van der Waals surface area contributed by atoms with E-state index in [1.54, 1.807) is 18.2 Å². The van der Waals surface area contributed by atoms with E-state index in [0.717, 1.165) is 11.1 Å². The molecule has 158 valence electrons. The summed E-state index contributed by atoms with van der Waals surface area (Å²) in [6.07, 6.45) is -4.50. The van der Waals surface area contributed by atoms with Crippen molar-refractivity contribution in [2.24, 2.45) is 0 Å². The first-order chi connectivity index (χ1) is 14.8. The normalized spacial score (nSPS) is 11.5. The van der Waals surface area contributed by atoms with Gasteiger partial charge in [-0.2, -0.15) is 5.10 Å². The Balaban J connectivity index is 1.53. The largest absolute Gasteiger partial charge is 0.573 e. The quantitative estimate of drug-likeness (QED) is 0.458. The Kier molecular flexibility index (Phi) is 5.37. The Morgan fingerprint density at radius 3 is 2.32 bits per heavy atom. The number of nitrogens with zero attached hydrogens (tertiary/aromatic N) is 1. The number of nitrogens with one attached hydrogen (secondary N) is 1.